The summed E-state index contributed by atoms with van der Waals surface area (Å²) in [5.41, 5.74) is 4.05. The summed E-state index contributed by atoms with van der Waals surface area (Å²) >= 11 is 7.73. The maximum atomic E-state index is 11.2. The molecule has 5 rings (SSSR count). The molecular weight excluding hydrogens is 408 g/mol. The first-order chi connectivity index (χ1) is 14.0. The Balaban J connectivity index is 1.76. The van der Waals surface area contributed by atoms with Crippen molar-refractivity contribution >= 4 is 50.3 Å². The topological polar surface area (TPSA) is 72.2 Å². The molecule has 0 N–H and O–H groups in total. The summed E-state index contributed by atoms with van der Waals surface area (Å²) in [6.07, 6.45) is 0.912. The van der Waals surface area contributed by atoms with Gasteiger partial charge in [0, 0.05) is 34.8 Å². The average molecular weight is 423 g/mol. The third kappa shape index (κ3) is 2.94. The predicted octanol–water partition coefficient (Wildman–Crippen LogP) is 6.00. The lowest BCUT2D eigenvalue weighted by molar-refractivity contribution is -0.384. The first-order valence-electron chi connectivity index (χ1n) is 9.09. The molecular formula is C21H15ClN4O2S. The van der Waals surface area contributed by atoms with Gasteiger partial charge in [0.1, 0.15) is 10.6 Å². The summed E-state index contributed by atoms with van der Waals surface area (Å²) in [5, 5.41) is 14.3. The molecule has 1 unspecified atom stereocenters. The number of rotatable bonds is 3. The lowest BCUT2D eigenvalue weighted by atomic mass is 10.0. The van der Waals surface area contributed by atoms with E-state index in [0.29, 0.717) is 0 Å². The van der Waals surface area contributed by atoms with Crippen LogP contribution in [0.1, 0.15) is 12.5 Å². The Morgan fingerprint density at radius 2 is 2.03 bits per heavy atom. The number of nitro groups is 1. The molecule has 8 heteroatoms. The van der Waals surface area contributed by atoms with E-state index in [1.54, 1.807) is 12.1 Å². The van der Waals surface area contributed by atoms with E-state index in [1.807, 2.05) is 23.6 Å². The second-order valence-corrected chi connectivity index (χ2v) is 8.20. The van der Waals surface area contributed by atoms with Crippen LogP contribution in [0.4, 0.5) is 17.2 Å². The molecule has 0 radical (unpaired) electrons. The fourth-order valence-electron chi connectivity index (χ4n) is 3.96. The minimum absolute atomic E-state index is 0.0539. The van der Waals surface area contributed by atoms with Gasteiger partial charge in [0.25, 0.3) is 5.69 Å². The van der Waals surface area contributed by atoms with Crippen LogP contribution in [-0.4, -0.2) is 20.9 Å². The Labute approximate surface area is 175 Å². The Bertz CT molecular complexity index is 1270. The van der Waals surface area contributed by atoms with E-state index in [-0.39, 0.29) is 21.9 Å². The van der Waals surface area contributed by atoms with Crippen molar-refractivity contribution in [3.63, 3.8) is 0 Å². The van der Waals surface area contributed by atoms with Crippen LogP contribution in [0.5, 0.6) is 0 Å². The zero-order valence-electron chi connectivity index (χ0n) is 15.4. The zero-order valence-corrected chi connectivity index (χ0v) is 16.9. The minimum Gasteiger partial charge on any atom is -0.322 e. The molecule has 0 aliphatic carbocycles. The van der Waals surface area contributed by atoms with Crippen LogP contribution < -0.4 is 4.90 Å². The lowest BCUT2D eigenvalue weighted by Gasteiger charge is -2.25. The maximum absolute atomic E-state index is 11.2. The summed E-state index contributed by atoms with van der Waals surface area (Å²) in [7, 11) is 0. The van der Waals surface area contributed by atoms with E-state index < -0.39 is 0 Å². The highest BCUT2D eigenvalue weighted by Crippen LogP contribution is 2.45. The average Bonchev–Trinajstić information content (AvgIpc) is 3.27. The van der Waals surface area contributed by atoms with Crippen LogP contribution in [0.3, 0.4) is 0 Å². The summed E-state index contributed by atoms with van der Waals surface area (Å²) in [6, 6.07) is 15.1. The van der Waals surface area contributed by atoms with Crippen molar-refractivity contribution in [1.82, 2.24) is 9.97 Å². The molecule has 0 fully saturated rings. The van der Waals surface area contributed by atoms with Gasteiger partial charge in [-0.15, -0.1) is 11.3 Å². The van der Waals surface area contributed by atoms with Gasteiger partial charge in [-0.05, 0) is 42.1 Å². The van der Waals surface area contributed by atoms with Gasteiger partial charge in [0.2, 0.25) is 5.28 Å². The molecule has 3 heterocycles. The largest absolute Gasteiger partial charge is 0.322 e. The number of nitro benzene ring substituents is 1. The van der Waals surface area contributed by atoms with Crippen molar-refractivity contribution in [3.05, 3.63) is 74.9 Å². The molecule has 2 aromatic carbocycles. The summed E-state index contributed by atoms with van der Waals surface area (Å²) < 4.78 is 0. The highest BCUT2D eigenvalue weighted by molar-refractivity contribution is 7.17. The lowest BCUT2D eigenvalue weighted by Crippen LogP contribution is -2.25. The predicted molar refractivity (Wildman–Crippen MR) is 116 cm³/mol. The Kier molecular flexibility index (Phi) is 4.22. The molecule has 1 atom stereocenters. The molecule has 0 saturated carbocycles. The molecule has 144 valence electrons. The molecule has 6 nitrogen and oxygen atoms in total. The Hall–Kier alpha value is -3.03. The minimum atomic E-state index is -0.384. The number of nitrogens with zero attached hydrogens (tertiary/aromatic N) is 4. The van der Waals surface area contributed by atoms with E-state index >= 15 is 0 Å². The van der Waals surface area contributed by atoms with Gasteiger partial charge in [0.05, 0.1) is 10.3 Å². The smallest absolute Gasteiger partial charge is 0.270 e. The van der Waals surface area contributed by atoms with Crippen molar-refractivity contribution < 1.29 is 4.92 Å². The van der Waals surface area contributed by atoms with Crippen LogP contribution in [-0.2, 0) is 6.42 Å². The zero-order chi connectivity index (χ0) is 20.1. The van der Waals surface area contributed by atoms with Crippen LogP contribution in [0.2, 0.25) is 5.28 Å². The van der Waals surface area contributed by atoms with E-state index in [9.17, 15) is 10.1 Å². The van der Waals surface area contributed by atoms with Gasteiger partial charge in [-0.25, -0.2) is 4.98 Å². The number of aromatic nitrogens is 2. The SMILES string of the molecule is CC1Cc2ccccc2N1c1nc(Cl)nc2scc(-c3cccc([N+](=O)[O-])c3)c12. The van der Waals surface area contributed by atoms with Crippen LogP contribution in [0.15, 0.2) is 53.9 Å². The molecule has 1 aliphatic heterocycles. The highest BCUT2D eigenvalue weighted by Gasteiger charge is 2.31. The number of anilines is 2. The monoisotopic (exact) mass is 422 g/mol. The number of para-hydroxylation sites is 1. The summed E-state index contributed by atoms with van der Waals surface area (Å²) in [4.78, 5) is 22.8. The third-order valence-corrected chi connectivity index (χ3v) is 6.23. The number of hydrogen-bond donors (Lipinski definition) is 0. The fourth-order valence-corrected chi connectivity index (χ4v) is 5.12. The quantitative estimate of drug-likeness (QED) is 0.230. The summed E-state index contributed by atoms with van der Waals surface area (Å²) in [6.45, 7) is 2.15. The van der Waals surface area contributed by atoms with Crippen molar-refractivity contribution in [2.75, 3.05) is 4.90 Å². The molecule has 29 heavy (non-hydrogen) atoms. The van der Waals surface area contributed by atoms with Gasteiger partial charge < -0.3 is 4.90 Å². The first kappa shape index (κ1) is 18.0. The third-order valence-electron chi connectivity index (χ3n) is 5.19. The normalized spacial score (nSPS) is 15.7. The number of non-ortho nitro benzene ring substituents is 1. The number of halogens is 1. The highest BCUT2D eigenvalue weighted by atomic mass is 35.5. The van der Waals surface area contributed by atoms with Crippen molar-refractivity contribution in [2.45, 2.75) is 19.4 Å². The Morgan fingerprint density at radius 1 is 1.21 bits per heavy atom. The van der Waals surface area contributed by atoms with E-state index in [4.69, 9.17) is 11.6 Å². The van der Waals surface area contributed by atoms with Gasteiger partial charge >= 0.3 is 0 Å². The summed E-state index contributed by atoms with van der Waals surface area (Å²) in [5.74, 6) is 0.736. The van der Waals surface area contributed by atoms with Crippen LogP contribution >= 0.6 is 22.9 Å². The standard InChI is InChI=1S/C21H15ClN4O2S/c1-12-9-14-5-2-3-8-17(14)25(12)19-18-16(11-29-20(18)24-21(22)23-19)13-6-4-7-15(10-13)26(27)28/h2-8,10-12H,9H2,1H3. The fraction of sp³-hybridized carbons (Fsp3) is 0.143. The van der Waals surface area contributed by atoms with Gasteiger partial charge in [-0.2, -0.15) is 4.98 Å². The van der Waals surface area contributed by atoms with Crippen LogP contribution in [0, 0.1) is 10.1 Å². The molecule has 0 bridgehead atoms. The van der Waals surface area contributed by atoms with Crippen molar-refractivity contribution in [2.24, 2.45) is 0 Å². The number of fused-ring (bicyclic) bond motifs is 2. The van der Waals surface area contributed by atoms with Crippen LogP contribution in [0.25, 0.3) is 21.3 Å². The molecule has 1 aliphatic rings. The number of benzene rings is 2. The molecule has 2 aromatic heterocycles. The van der Waals surface area contributed by atoms with Gasteiger partial charge in [-0.1, -0.05) is 30.3 Å². The molecule has 4 aromatic rings. The van der Waals surface area contributed by atoms with Crippen molar-refractivity contribution in [3.8, 4) is 11.1 Å². The first-order valence-corrected chi connectivity index (χ1v) is 10.4. The van der Waals surface area contributed by atoms with E-state index in [2.05, 4.69) is 33.9 Å². The van der Waals surface area contributed by atoms with Crippen molar-refractivity contribution in [1.29, 1.82) is 0 Å². The molecule has 0 amide bonds. The van der Waals surface area contributed by atoms with E-state index in [0.717, 1.165) is 39.3 Å². The second-order valence-electron chi connectivity index (χ2n) is 7.01. The number of thiophene rings is 1. The van der Waals surface area contributed by atoms with E-state index in [1.165, 1.54) is 23.0 Å². The molecule has 0 spiro atoms. The van der Waals surface area contributed by atoms with Gasteiger partial charge in [0.15, 0.2) is 0 Å². The molecule has 0 saturated heterocycles. The van der Waals surface area contributed by atoms with Gasteiger partial charge in [-0.3, -0.25) is 10.1 Å². The Morgan fingerprint density at radius 3 is 2.86 bits per heavy atom. The maximum Gasteiger partial charge on any atom is 0.270 e. The second kappa shape index (κ2) is 6.79. The number of hydrogen-bond acceptors (Lipinski definition) is 6.